The first kappa shape index (κ1) is 28.3. The minimum atomic E-state index is -0.736. The van der Waals surface area contributed by atoms with Crippen LogP contribution in [-0.4, -0.2) is 28.6 Å². The summed E-state index contributed by atoms with van der Waals surface area (Å²) < 4.78 is 27.6. The number of aliphatic carboxylic acids is 1. The lowest BCUT2D eigenvalue weighted by Crippen LogP contribution is -2.44. The van der Waals surface area contributed by atoms with E-state index in [1.54, 1.807) is 0 Å². The number of likely N-dealkylation sites (tertiary alicyclic amines) is 1. The summed E-state index contributed by atoms with van der Waals surface area (Å²) in [6.07, 6.45) is 5.38. The van der Waals surface area contributed by atoms with E-state index in [1.165, 1.54) is 23.3 Å². The highest BCUT2D eigenvalue weighted by atomic mass is 19.1. The van der Waals surface area contributed by atoms with Gasteiger partial charge in [-0.1, -0.05) is 58.9 Å². The molecule has 0 bridgehead atoms. The van der Waals surface area contributed by atoms with Crippen molar-refractivity contribution in [3.63, 3.8) is 0 Å². The molecule has 1 aliphatic rings. The van der Waals surface area contributed by atoms with Gasteiger partial charge >= 0.3 is 5.97 Å². The minimum Gasteiger partial charge on any atom is -0.481 e. The molecule has 0 amide bonds. The van der Waals surface area contributed by atoms with E-state index in [0.29, 0.717) is 17.9 Å². The fourth-order valence-electron chi connectivity index (χ4n) is 5.55. The van der Waals surface area contributed by atoms with Gasteiger partial charge in [0.05, 0.1) is 0 Å². The summed E-state index contributed by atoms with van der Waals surface area (Å²) in [5, 5.41) is 9.45. The average Bonchev–Trinajstić information content (AvgIpc) is 2.78. The van der Waals surface area contributed by atoms with Crippen molar-refractivity contribution in [2.24, 2.45) is 11.8 Å². The van der Waals surface area contributed by atoms with E-state index in [4.69, 9.17) is 0 Å². The lowest BCUT2D eigenvalue weighted by Gasteiger charge is -2.44. The maximum atomic E-state index is 13.8. The molecular formula is C31H43F2NO2. The van der Waals surface area contributed by atoms with Crippen LogP contribution in [0.5, 0.6) is 0 Å². The molecule has 0 radical (unpaired) electrons. The van der Waals surface area contributed by atoms with E-state index in [-0.39, 0.29) is 29.8 Å². The Hall–Kier alpha value is -2.27. The van der Waals surface area contributed by atoms with Crippen LogP contribution in [0.4, 0.5) is 8.78 Å². The van der Waals surface area contributed by atoms with Crippen LogP contribution in [0.2, 0.25) is 0 Å². The van der Waals surface area contributed by atoms with E-state index in [0.717, 1.165) is 44.7 Å². The second-order valence-corrected chi connectivity index (χ2v) is 12.1. The number of carboxylic acids is 1. The lowest BCUT2D eigenvalue weighted by molar-refractivity contribution is -0.138. The van der Waals surface area contributed by atoms with Crippen molar-refractivity contribution in [1.82, 2.24) is 4.90 Å². The predicted octanol–water partition coefficient (Wildman–Crippen LogP) is 7.93. The van der Waals surface area contributed by atoms with E-state index < -0.39 is 17.6 Å². The summed E-state index contributed by atoms with van der Waals surface area (Å²) in [6.45, 7) is 11.9. The monoisotopic (exact) mass is 499 g/mol. The molecule has 0 aromatic heterocycles. The highest BCUT2D eigenvalue weighted by Gasteiger charge is 2.34. The standard InChI is InChI=1S/C31H43F2NO2/c1-21(2)6-12-28(13-7-22-16-26(32)20-27(33)17-22)34-15-14-23(19-30(35)36)18-29(34)24-8-10-25(11-9-24)31(3,4)5/h8-11,16-17,20-21,23,28-29H,6-7,12-15,18-19H2,1-5H3,(H,35,36). The van der Waals surface area contributed by atoms with Crippen molar-refractivity contribution in [3.8, 4) is 0 Å². The molecule has 0 spiro atoms. The third-order valence-corrected chi connectivity index (χ3v) is 7.61. The molecule has 198 valence electrons. The van der Waals surface area contributed by atoms with Crippen LogP contribution in [0.1, 0.15) is 95.9 Å². The molecule has 3 nitrogen and oxygen atoms in total. The molecule has 2 aromatic rings. The van der Waals surface area contributed by atoms with Gasteiger partial charge in [0, 0.05) is 24.6 Å². The molecule has 36 heavy (non-hydrogen) atoms. The number of nitrogens with zero attached hydrogens (tertiary/aromatic N) is 1. The normalized spacial score (nSPS) is 20.0. The molecule has 0 aliphatic carbocycles. The molecule has 1 saturated heterocycles. The summed E-state index contributed by atoms with van der Waals surface area (Å²) in [5.74, 6) is -1.09. The maximum absolute atomic E-state index is 13.8. The molecule has 0 saturated carbocycles. The van der Waals surface area contributed by atoms with Gasteiger partial charge in [-0.05, 0) is 91.1 Å². The van der Waals surface area contributed by atoms with Crippen molar-refractivity contribution >= 4 is 5.97 Å². The zero-order chi connectivity index (χ0) is 26.5. The molecular weight excluding hydrogens is 456 g/mol. The van der Waals surface area contributed by atoms with Crippen molar-refractivity contribution in [1.29, 1.82) is 0 Å². The Balaban J connectivity index is 1.88. The molecule has 5 heteroatoms. The number of halogens is 2. The number of rotatable bonds is 10. The summed E-state index contributed by atoms with van der Waals surface area (Å²) in [4.78, 5) is 14.1. The molecule has 3 atom stereocenters. The van der Waals surface area contributed by atoms with Crippen LogP contribution < -0.4 is 0 Å². The SMILES string of the molecule is CC(C)CCC(CCc1cc(F)cc(F)c1)N1CCC(CC(=O)O)CC1c1ccc(C(C)(C)C)cc1. The Bertz CT molecular complexity index is 976. The number of aryl methyl sites for hydroxylation is 1. The third-order valence-electron chi connectivity index (χ3n) is 7.61. The molecule has 1 aliphatic heterocycles. The summed E-state index contributed by atoms with van der Waals surface area (Å²) in [6, 6.07) is 13.0. The van der Waals surface area contributed by atoms with Gasteiger partial charge in [-0.3, -0.25) is 9.69 Å². The van der Waals surface area contributed by atoms with Crippen LogP contribution in [0.25, 0.3) is 0 Å². The second kappa shape index (κ2) is 12.3. The Morgan fingerprint density at radius 1 is 1.03 bits per heavy atom. The quantitative estimate of drug-likeness (QED) is 0.361. The Kier molecular flexibility index (Phi) is 9.68. The van der Waals surface area contributed by atoms with Crippen molar-refractivity contribution in [2.75, 3.05) is 6.54 Å². The average molecular weight is 500 g/mol. The van der Waals surface area contributed by atoms with Crippen LogP contribution in [0.15, 0.2) is 42.5 Å². The van der Waals surface area contributed by atoms with Gasteiger partial charge in [0.2, 0.25) is 0 Å². The summed E-state index contributed by atoms with van der Waals surface area (Å²) >= 11 is 0. The number of carbonyl (C=O) groups is 1. The first-order chi connectivity index (χ1) is 16.9. The molecule has 1 heterocycles. The number of carboxylic acid groups (broad SMARTS) is 1. The molecule has 3 rings (SSSR count). The number of hydrogen-bond donors (Lipinski definition) is 1. The third kappa shape index (κ3) is 8.12. The van der Waals surface area contributed by atoms with Gasteiger partial charge in [0.25, 0.3) is 0 Å². The highest BCUT2D eigenvalue weighted by molar-refractivity contribution is 5.67. The summed E-state index contributed by atoms with van der Waals surface area (Å²) in [5.41, 5.74) is 3.26. The van der Waals surface area contributed by atoms with Gasteiger partial charge in [0.15, 0.2) is 0 Å². The van der Waals surface area contributed by atoms with Crippen LogP contribution >= 0.6 is 0 Å². The van der Waals surface area contributed by atoms with Crippen molar-refractivity contribution < 1.29 is 18.7 Å². The fourth-order valence-corrected chi connectivity index (χ4v) is 5.55. The number of hydrogen-bond acceptors (Lipinski definition) is 2. The van der Waals surface area contributed by atoms with Gasteiger partial charge in [-0.2, -0.15) is 0 Å². The van der Waals surface area contributed by atoms with Crippen molar-refractivity contribution in [3.05, 3.63) is 70.8 Å². The second-order valence-electron chi connectivity index (χ2n) is 12.1. The fraction of sp³-hybridized carbons (Fsp3) is 0.581. The molecule has 3 unspecified atom stereocenters. The van der Waals surface area contributed by atoms with E-state index in [1.807, 2.05) is 0 Å². The topological polar surface area (TPSA) is 40.5 Å². The Labute approximate surface area is 215 Å². The van der Waals surface area contributed by atoms with E-state index in [2.05, 4.69) is 63.8 Å². The lowest BCUT2D eigenvalue weighted by atomic mass is 9.81. The first-order valence-corrected chi connectivity index (χ1v) is 13.4. The van der Waals surface area contributed by atoms with Crippen LogP contribution in [-0.2, 0) is 16.6 Å². The van der Waals surface area contributed by atoms with Crippen LogP contribution in [0, 0.1) is 23.5 Å². The van der Waals surface area contributed by atoms with E-state index >= 15 is 0 Å². The maximum Gasteiger partial charge on any atom is 0.303 e. The highest BCUT2D eigenvalue weighted by Crippen LogP contribution is 2.39. The largest absolute Gasteiger partial charge is 0.481 e. The first-order valence-electron chi connectivity index (χ1n) is 13.4. The van der Waals surface area contributed by atoms with Gasteiger partial charge in [-0.15, -0.1) is 0 Å². The molecule has 1 fully saturated rings. The summed E-state index contributed by atoms with van der Waals surface area (Å²) in [7, 11) is 0. The van der Waals surface area contributed by atoms with Crippen LogP contribution in [0.3, 0.4) is 0 Å². The zero-order valence-corrected chi connectivity index (χ0v) is 22.6. The number of benzene rings is 2. The number of piperidine rings is 1. The van der Waals surface area contributed by atoms with Gasteiger partial charge < -0.3 is 5.11 Å². The molecule has 2 aromatic carbocycles. The Morgan fingerprint density at radius 2 is 1.67 bits per heavy atom. The van der Waals surface area contributed by atoms with E-state index in [9.17, 15) is 18.7 Å². The minimum absolute atomic E-state index is 0.0661. The Morgan fingerprint density at radius 3 is 2.22 bits per heavy atom. The molecule has 1 N–H and O–H groups in total. The predicted molar refractivity (Wildman–Crippen MR) is 142 cm³/mol. The van der Waals surface area contributed by atoms with Crippen molar-refractivity contribution in [2.45, 2.75) is 97.1 Å². The van der Waals surface area contributed by atoms with Gasteiger partial charge in [-0.25, -0.2) is 8.78 Å². The smallest absolute Gasteiger partial charge is 0.303 e. The zero-order valence-electron chi connectivity index (χ0n) is 22.6. The van der Waals surface area contributed by atoms with Gasteiger partial charge in [0.1, 0.15) is 11.6 Å².